The van der Waals surface area contributed by atoms with Crippen molar-refractivity contribution in [3.8, 4) is 0 Å². The average Bonchev–Trinajstić information content (AvgIpc) is 2.90. The molecule has 1 unspecified atom stereocenters. The molecule has 0 bridgehead atoms. The molecule has 1 atom stereocenters. The molecule has 2 aliphatic heterocycles. The van der Waals surface area contributed by atoms with Gasteiger partial charge in [0.1, 0.15) is 0 Å². The minimum atomic E-state index is -3.34. The lowest BCUT2D eigenvalue weighted by atomic mass is 9.95. The van der Waals surface area contributed by atoms with Crippen molar-refractivity contribution in [2.45, 2.75) is 38.1 Å². The maximum Gasteiger partial charge on any atom is 0.229 e. The fourth-order valence-electron chi connectivity index (χ4n) is 3.78. The number of halogens is 1. The van der Waals surface area contributed by atoms with E-state index in [1.54, 1.807) is 12.3 Å². The molecule has 0 saturated carbocycles. The van der Waals surface area contributed by atoms with E-state index in [-0.39, 0.29) is 5.54 Å². The normalized spacial score (nSPS) is 25.9. The van der Waals surface area contributed by atoms with E-state index >= 15 is 0 Å². The molecular formula is C16H25BrN4O2S. The Morgan fingerprint density at radius 1 is 1.25 bits per heavy atom. The minimum absolute atomic E-state index is 0.136. The van der Waals surface area contributed by atoms with Gasteiger partial charge in [0.2, 0.25) is 10.0 Å². The van der Waals surface area contributed by atoms with Crippen molar-refractivity contribution in [2.24, 2.45) is 0 Å². The van der Waals surface area contributed by atoms with Gasteiger partial charge in [0.25, 0.3) is 0 Å². The zero-order valence-corrected chi connectivity index (χ0v) is 16.7. The van der Waals surface area contributed by atoms with Crippen molar-refractivity contribution in [3.05, 3.63) is 16.7 Å². The number of hydrogen-bond donors (Lipinski definition) is 1. The number of anilines is 2. The fraction of sp³-hybridized carbons (Fsp3) is 0.688. The number of hydrogen-bond acceptors (Lipinski definition) is 5. The standard InChI is InChI=1S/C16H25BrN4O2S/c1-16(21-7-4-3-5-8-21)6-9-20(12-16)15-14(19-24(2,22)23)10-13(17)11-18-15/h10-11,19H,3-9,12H2,1-2H3. The van der Waals surface area contributed by atoms with Crippen LogP contribution in [0.25, 0.3) is 0 Å². The van der Waals surface area contributed by atoms with Crippen molar-refractivity contribution in [3.63, 3.8) is 0 Å². The molecule has 3 heterocycles. The molecule has 1 aromatic heterocycles. The molecule has 0 aliphatic carbocycles. The average molecular weight is 417 g/mol. The quantitative estimate of drug-likeness (QED) is 0.816. The van der Waals surface area contributed by atoms with Crippen LogP contribution in [0.4, 0.5) is 11.5 Å². The molecule has 0 spiro atoms. The van der Waals surface area contributed by atoms with Gasteiger partial charge in [-0.15, -0.1) is 0 Å². The molecule has 2 fully saturated rings. The van der Waals surface area contributed by atoms with Gasteiger partial charge < -0.3 is 4.90 Å². The first-order valence-corrected chi connectivity index (χ1v) is 11.1. The van der Waals surface area contributed by atoms with Crippen molar-refractivity contribution >= 4 is 37.5 Å². The Morgan fingerprint density at radius 3 is 2.62 bits per heavy atom. The minimum Gasteiger partial charge on any atom is -0.353 e. The highest BCUT2D eigenvalue weighted by Crippen LogP contribution is 2.36. The molecular weight excluding hydrogens is 392 g/mol. The highest BCUT2D eigenvalue weighted by molar-refractivity contribution is 9.10. The Labute approximate surface area is 152 Å². The van der Waals surface area contributed by atoms with E-state index < -0.39 is 10.0 Å². The summed E-state index contributed by atoms with van der Waals surface area (Å²) in [4.78, 5) is 9.29. The molecule has 0 radical (unpaired) electrons. The largest absolute Gasteiger partial charge is 0.353 e. The molecule has 2 saturated heterocycles. The second kappa shape index (κ2) is 6.80. The number of rotatable bonds is 4. The molecule has 1 N–H and O–H groups in total. The predicted molar refractivity (Wildman–Crippen MR) is 101 cm³/mol. The number of likely N-dealkylation sites (tertiary alicyclic amines) is 1. The van der Waals surface area contributed by atoms with Gasteiger partial charge in [0.05, 0.1) is 11.9 Å². The van der Waals surface area contributed by atoms with Gasteiger partial charge in [0, 0.05) is 29.3 Å². The number of nitrogens with one attached hydrogen (secondary N) is 1. The molecule has 0 amide bonds. The van der Waals surface area contributed by atoms with E-state index in [9.17, 15) is 8.42 Å². The van der Waals surface area contributed by atoms with E-state index in [0.717, 1.165) is 37.1 Å². The maximum absolute atomic E-state index is 11.7. The first kappa shape index (κ1) is 17.9. The lowest BCUT2D eigenvalue weighted by Crippen LogP contribution is -2.50. The van der Waals surface area contributed by atoms with Crippen LogP contribution in [0.2, 0.25) is 0 Å². The highest BCUT2D eigenvalue weighted by Gasteiger charge is 2.40. The number of pyridine rings is 1. The first-order chi connectivity index (χ1) is 11.3. The third-order valence-corrected chi connectivity index (χ3v) is 6.02. The zero-order chi connectivity index (χ0) is 17.4. The van der Waals surface area contributed by atoms with Crippen LogP contribution < -0.4 is 9.62 Å². The lowest BCUT2D eigenvalue weighted by molar-refractivity contribution is 0.0978. The summed E-state index contributed by atoms with van der Waals surface area (Å²) in [6.07, 6.45) is 7.83. The van der Waals surface area contributed by atoms with Crippen LogP contribution >= 0.6 is 15.9 Å². The molecule has 134 valence electrons. The summed E-state index contributed by atoms with van der Waals surface area (Å²) in [6.45, 7) is 6.40. The summed E-state index contributed by atoms with van der Waals surface area (Å²) in [5.74, 6) is 0.712. The van der Waals surface area contributed by atoms with Crippen molar-refractivity contribution in [1.29, 1.82) is 0 Å². The lowest BCUT2D eigenvalue weighted by Gasteiger charge is -2.41. The van der Waals surface area contributed by atoms with Gasteiger partial charge in [-0.05, 0) is 61.3 Å². The zero-order valence-electron chi connectivity index (χ0n) is 14.3. The molecule has 8 heteroatoms. The third kappa shape index (κ3) is 4.03. The maximum atomic E-state index is 11.7. The van der Waals surface area contributed by atoms with Gasteiger partial charge >= 0.3 is 0 Å². The first-order valence-electron chi connectivity index (χ1n) is 8.40. The number of nitrogens with zero attached hydrogens (tertiary/aromatic N) is 3. The Balaban J connectivity index is 1.82. The summed E-state index contributed by atoms with van der Waals surface area (Å²) in [6, 6.07) is 1.78. The summed E-state index contributed by atoms with van der Waals surface area (Å²) < 4.78 is 26.7. The van der Waals surface area contributed by atoms with Crippen molar-refractivity contribution in [1.82, 2.24) is 9.88 Å². The Morgan fingerprint density at radius 2 is 1.96 bits per heavy atom. The molecule has 2 aliphatic rings. The monoisotopic (exact) mass is 416 g/mol. The van der Waals surface area contributed by atoms with Gasteiger partial charge in [-0.1, -0.05) is 6.42 Å². The van der Waals surface area contributed by atoms with E-state index in [4.69, 9.17) is 0 Å². The summed E-state index contributed by atoms with van der Waals surface area (Å²) in [5.41, 5.74) is 0.673. The van der Waals surface area contributed by atoms with Crippen LogP contribution in [0, 0.1) is 0 Å². The van der Waals surface area contributed by atoms with Crippen LogP contribution in [0.3, 0.4) is 0 Å². The Kier molecular flexibility index (Phi) is 5.09. The van der Waals surface area contributed by atoms with E-state index in [1.807, 2.05) is 0 Å². The van der Waals surface area contributed by atoms with Crippen LogP contribution in [0.1, 0.15) is 32.6 Å². The van der Waals surface area contributed by atoms with Crippen LogP contribution in [0.15, 0.2) is 16.7 Å². The second-order valence-electron chi connectivity index (χ2n) is 7.12. The van der Waals surface area contributed by atoms with Crippen molar-refractivity contribution < 1.29 is 8.42 Å². The summed E-state index contributed by atoms with van der Waals surface area (Å²) >= 11 is 3.37. The molecule has 0 aromatic carbocycles. The van der Waals surface area contributed by atoms with E-state index in [0.29, 0.717) is 11.5 Å². The number of piperidine rings is 1. The number of aromatic nitrogens is 1. The molecule has 3 rings (SSSR count). The van der Waals surface area contributed by atoms with E-state index in [1.165, 1.54) is 25.5 Å². The van der Waals surface area contributed by atoms with Crippen LogP contribution in [-0.2, 0) is 10.0 Å². The van der Waals surface area contributed by atoms with Gasteiger partial charge in [-0.3, -0.25) is 9.62 Å². The third-order valence-electron chi connectivity index (χ3n) is 5.00. The molecule has 24 heavy (non-hydrogen) atoms. The van der Waals surface area contributed by atoms with Gasteiger partial charge in [0.15, 0.2) is 5.82 Å². The predicted octanol–water partition coefficient (Wildman–Crippen LogP) is 2.67. The summed E-state index contributed by atoms with van der Waals surface area (Å²) in [7, 11) is -3.34. The van der Waals surface area contributed by atoms with Crippen LogP contribution in [0.5, 0.6) is 0 Å². The van der Waals surface area contributed by atoms with Gasteiger partial charge in [-0.25, -0.2) is 13.4 Å². The second-order valence-corrected chi connectivity index (χ2v) is 9.78. The Hall–Kier alpha value is -0.860. The highest BCUT2D eigenvalue weighted by atomic mass is 79.9. The van der Waals surface area contributed by atoms with Crippen LogP contribution in [-0.4, -0.2) is 56.3 Å². The Bertz CT molecular complexity index is 706. The summed E-state index contributed by atoms with van der Waals surface area (Å²) in [5, 5.41) is 0. The van der Waals surface area contributed by atoms with Crippen molar-refractivity contribution in [2.75, 3.05) is 42.1 Å². The fourth-order valence-corrected chi connectivity index (χ4v) is 4.66. The van der Waals surface area contributed by atoms with E-state index in [2.05, 4.69) is 42.4 Å². The van der Waals surface area contributed by atoms with Gasteiger partial charge in [-0.2, -0.15) is 0 Å². The molecule has 1 aromatic rings. The topological polar surface area (TPSA) is 65.5 Å². The SMILES string of the molecule is CC1(N2CCCCC2)CCN(c2ncc(Br)cc2NS(C)(=O)=O)C1. The smallest absolute Gasteiger partial charge is 0.229 e. The number of sulfonamides is 1. The molecule has 6 nitrogen and oxygen atoms in total.